The number of aryl methyl sites for hydroxylation is 2. The monoisotopic (exact) mass is 397 g/mol. The number of hydrogen-bond acceptors (Lipinski definition) is 6. The fourth-order valence-electron chi connectivity index (χ4n) is 2.19. The van der Waals surface area contributed by atoms with Gasteiger partial charge in [-0.15, -0.1) is 0 Å². The van der Waals surface area contributed by atoms with Gasteiger partial charge >= 0.3 is 5.97 Å². The lowest BCUT2D eigenvalue weighted by atomic mass is 10.1. The molecule has 3 N–H and O–H groups in total. The molecule has 0 aliphatic heterocycles. The maximum absolute atomic E-state index is 12.1. The van der Waals surface area contributed by atoms with E-state index < -0.39 is 28.5 Å². The van der Waals surface area contributed by atoms with Crippen molar-refractivity contribution < 1.29 is 22.7 Å². The molecule has 0 spiro atoms. The van der Waals surface area contributed by atoms with Gasteiger partial charge in [0, 0.05) is 11.4 Å². The van der Waals surface area contributed by atoms with Gasteiger partial charge in [0.2, 0.25) is 10.0 Å². The molecule has 26 heavy (non-hydrogen) atoms. The smallest absolute Gasteiger partial charge is 0.342 e. The van der Waals surface area contributed by atoms with Crippen LogP contribution in [0.2, 0.25) is 5.15 Å². The topological polar surface area (TPSA) is 128 Å². The first-order chi connectivity index (χ1) is 12.1. The average molecular weight is 398 g/mol. The van der Waals surface area contributed by atoms with Gasteiger partial charge in [0.1, 0.15) is 5.15 Å². The summed E-state index contributed by atoms with van der Waals surface area (Å²) in [4.78, 5) is 27.9. The number of aromatic nitrogens is 1. The van der Waals surface area contributed by atoms with Crippen LogP contribution in [0.25, 0.3) is 0 Å². The van der Waals surface area contributed by atoms with E-state index in [-0.39, 0.29) is 21.3 Å². The van der Waals surface area contributed by atoms with Gasteiger partial charge in [-0.1, -0.05) is 17.7 Å². The quantitative estimate of drug-likeness (QED) is 0.584. The average Bonchev–Trinajstić information content (AvgIpc) is 2.51. The van der Waals surface area contributed by atoms with Crippen molar-refractivity contribution in [2.24, 2.45) is 5.14 Å². The van der Waals surface area contributed by atoms with Gasteiger partial charge in [-0.25, -0.2) is 23.3 Å². The molecule has 1 heterocycles. The molecular formula is C16H16ClN3O5S. The molecule has 2 aromatic rings. The second-order valence-corrected chi connectivity index (χ2v) is 7.36. The zero-order valence-electron chi connectivity index (χ0n) is 13.9. The Kier molecular flexibility index (Phi) is 5.96. The number of pyridine rings is 1. The number of nitrogens with two attached hydrogens (primary N) is 1. The summed E-state index contributed by atoms with van der Waals surface area (Å²) in [5.74, 6) is -1.44. The van der Waals surface area contributed by atoms with Crippen molar-refractivity contribution in [2.75, 3.05) is 11.9 Å². The minimum atomic E-state index is -3.89. The minimum Gasteiger partial charge on any atom is -0.452 e. The molecule has 0 fully saturated rings. The summed E-state index contributed by atoms with van der Waals surface area (Å²) in [5, 5.41) is 7.44. The normalized spacial score (nSPS) is 11.1. The summed E-state index contributed by atoms with van der Waals surface area (Å²) in [7, 11) is -3.89. The molecule has 0 saturated carbocycles. The molecule has 1 aromatic carbocycles. The van der Waals surface area contributed by atoms with E-state index in [4.69, 9.17) is 21.5 Å². The number of halogens is 1. The first kappa shape index (κ1) is 19.8. The van der Waals surface area contributed by atoms with E-state index >= 15 is 0 Å². The predicted octanol–water partition coefficient (Wildman–Crippen LogP) is 1.79. The molecule has 0 radical (unpaired) electrons. The number of carbonyl (C=O) groups is 2. The van der Waals surface area contributed by atoms with Crippen LogP contribution in [-0.4, -0.2) is 31.9 Å². The van der Waals surface area contributed by atoms with E-state index in [1.54, 1.807) is 19.9 Å². The SMILES string of the molecule is Cc1cc(C)c(C(=O)OCC(=O)Nc2cccc(S(N)(=O)=O)c2)c(Cl)n1. The summed E-state index contributed by atoms with van der Waals surface area (Å²) in [5.41, 5.74) is 1.51. The van der Waals surface area contributed by atoms with Crippen molar-refractivity contribution in [1.82, 2.24) is 4.98 Å². The lowest BCUT2D eigenvalue weighted by Crippen LogP contribution is -2.22. The number of anilines is 1. The first-order valence-electron chi connectivity index (χ1n) is 7.31. The number of rotatable bonds is 5. The zero-order valence-corrected chi connectivity index (χ0v) is 15.5. The highest BCUT2D eigenvalue weighted by Crippen LogP contribution is 2.20. The Morgan fingerprint density at radius 2 is 1.96 bits per heavy atom. The second-order valence-electron chi connectivity index (χ2n) is 5.44. The number of nitrogens with zero attached hydrogens (tertiary/aromatic N) is 1. The van der Waals surface area contributed by atoms with Crippen molar-refractivity contribution in [1.29, 1.82) is 0 Å². The van der Waals surface area contributed by atoms with Crippen LogP contribution in [0, 0.1) is 13.8 Å². The van der Waals surface area contributed by atoms with Gasteiger partial charge in [0.05, 0.1) is 10.5 Å². The summed E-state index contributed by atoms with van der Waals surface area (Å²) in [6, 6.07) is 7.04. The molecule has 138 valence electrons. The molecule has 8 nitrogen and oxygen atoms in total. The van der Waals surface area contributed by atoms with Crippen LogP contribution in [0.1, 0.15) is 21.6 Å². The lowest BCUT2D eigenvalue weighted by molar-refractivity contribution is -0.119. The van der Waals surface area contributed by atoms with Gasteiger partial charge in [0.15, 0.2) is 6.61 Å². The summed E-state index contributed by atoms with van der Waals surface area (Å²) < 4.78 is 27.6. The van der Waals surface area contributed by atoms with E-state index in [9.17, 15) is 18.0 Å². The number of primary sulfonamides is 1. The van der Waals surface area contributed by atoms with Crippen LogP contribution in [0.4, 0.5) is 5.69 Å². The molecule has 0 saturated heterocycles. The highest BCUT2D eigenvalue weighted by molar-refractivity contribution is 7.89. The number of esters is 1. The van der Waals surface area contributed by atoms with Gasteiger partial charge in [0.25, 0.3) is 5.91 Å². The summed E-state index contributed by atoms with van der Waals surface area (Å²) in [6.45, 7) is 2.83. The molecule has 0 atom stereocenters. The van der Waals surface area contributed by atoms with Crippen molar-refractivity contribution in [3.63, 3.8) is 0 Å². The van der Waals surface area contributed by atoms with Gasteiger partial charge in [-0.3, -0.25) is 4.79 Å². The van der Waals surface area contributed by atoms with Crippen LogP contribution >= 0.6 is 11.6 Å². The third kappa shape index (κ3) is 5.01. The van der Waals surface area contributed by atoms with Gasteiger partial charge in [-0.2, -0.15) is 0 Å². The molecule has 0 unspecified atom stereocenters. The Hall–Kier alpha value is -2.49. The number of sulfonamides is 1. The van der Waals surface area contributed by atoms with Crippen LogP contribution in [0.15, 0.2) is 35.2 Å². The van der Waals surface area contributed by atoms with E-state index in [0.717, 1.165) is 0 Å². The predicted molar refractivity (Wildman–Crippen MR) is 95.4 cm³/mol. The maximum atomic E-state index is 12.1. The summed E-state index contributed by atoms with van der Waals surface area (Å²) in [6.07, 6.45) is 0. The molecular weight excluding hydrogens is 382 g/mol. The maximum Gasteiger partial charge on any atom is 0.342 e. The standard InChI is InChI=1S/C16H16ClN3O5S/c1-9-6-10(2)19-15(17)14(9)16(22)25-8-13(21)20-11-4-3-5-12(7-11)26(18,23)24/h3-7H,8H2,1-2H3,(H,20,21)(H2,18,23,24). The lowest BCUT2D eigenvalue weighted by Gasteiger charge is -2.10. The molecule has 1 amide bonds. The Morgan fingerprint density at radius 1 is 1.27 bits per heavy atom. The molecule has 0 bridgehead atoms. The van der Waals surface area contributed by atoms with E-state index in [2.05, 4.69) is 10.3 Å². The second kappa shape index (κ2) is 7.81. The number of hydrogen-bond donors (Lipinski definition) is 2. The largest absolute Gasteiger partial charge is 0.452 e. The number of ether oxygens (including phenoxy) is 1. The fourth-order valence-corrected chi connectivity index (χ4v) is 3.11. The Balaban J connectivity index is 2.03. The molecule has 10 heteroatoms. The van der Waals surface area contributed by atoms with Crippen molar-refractivity contribution in [3.05, 3.63) is 52.3 Å². The van der Waals surface area contributed by atoms with Crippen LogP contribution in [0.3, 0.4) is 0 Å². The van der Waals surface area contributed by atoms with Crippen LogP contribution in [0.5, 0.6) is 0 Å². The van der Waals surface area contributed by atoms with Gasteiger partial charge < -0.3 is 10.1 Å². The Morgan fingerprint density at radius 3 is 2.58 bits per heavy atom. The molecule has 0 aliphatic carbocycles. The Labute approximate surface area is 155 Å². The number of amides is 1. The molecule has 2 rings (SSSR count). The number of nitrogens with one attached hydrogen (secondary N) is 1. The number of carbonyl (C=O) groups excluding carboxylic acids is 2. The summed E-state index contributed by atoms with van der Waals surface area (Å²) >= 11 is 5.95. The highest BCUT2D eigenvalue weighted by atomic mass is 35.5. The van der Waals surface area contributed by atoms with E-state index in [1.807, 2.05) is 0 Å². The van der Waals surface area contributed by atoms with Gasteiger partial charge in [-0.05, 0) is 43.7 Å². The highest BCUT2D eigenvalue weighted by Gasteiger charge is 2.18. The van der Waals surface area contributed by atoms with E-state index in [0.29, 0.717) is 11.3 Å². The van der Waals surface area contributed by atoms with E-state index in [1.165, 1.54) is 24.3 Å². The molecule has 1 aromatic heterocycles. The van der Waals surface area contributed by atoms with Crippen molar-refractivity contribution in [3.8, 4) is 0 Å². The van der Waals surface area contributed by atoms with Crippen LogP contribution < -0.4 is 10.5 Å². The number of benzene rings is 1. The zero-order chi connectivity index (χ0) is 19.5. The van der Waals surface area contributed by atoms with Crippen molar-refractivity contribution in [2.45, 2.75) is 18.7 Å². The fraction of sp³-hybridized carbons (Fsp3) is 0.188. The Bertz CT molecular complexity index is 953. The third-order valence-corrected chi connectivity index (χ3v) is 4.47. The van der Waals surface area contributed by atoms with Crippen molar-refractivity contribution >= 4 is 39.2 Å². The van der Waals surface area contributed by atoms with Crippen LogP contribution in [-0.2, 0) is 19.6 Å². The molecule has 0 aliphatic rings. The third-order valence-electron chi connectivity index (χ3n) is 3.29. The minimum absolute atomic E-state index is 0.00578. The first-order valence-corrected chi connectivity index (χ1v) is 9.24.